The lowest BCUT2D eigenvalue weighted by atomic mass is 10.2. The molecule has 1 atom stereocenters. The summed E-state index contributed by atoms with van der Waals surface area (Å²) in [5, 5.41) is 6.45. The smallest absolute Gasteiger partial charge is 0.193 e. The molecule has 1 aromatic heterocycles. The topological polar surface area (TPSA) is 59.0 Å². The third-order valence-electron chi connectivity index (χ3n) is 4.20. The number of guanidine groups is 1. The average molecular weight is 518 g/mol. The molecule has 0 bridgehead atoms. The number of ether oxygens (including phenoxy) is 2. The van der Waals surface area contributed by atoms with Crippen molar-refractivity contribution in [2.24, 2.45) is 4.99 Å². The van der Waals surface area contributed by atoms with E-state index in [1.165, 1.54) is 0 Å². The first-order chi connectivity index (χ1) is 13.0. The highest BCUT2D eigenvalue weighted by atomic mass is 127. The van der Waals surface area contributed by atoms with Gasteiger partial charge >= 0.3 is 0 Å². The fourth-order valence-electron chi connectivity index (χ4n) is 2.56. The minimum atomic E-state index is 0. The van der Waals surface area contributed by atoms with Crippen LogP contribution in [0.25, 0.3) is 0 Å². The maximum absolute atomic E-state index is 5.83. The van der Waals surface area contributed by atoms with Crippen molar-refractivity contribution in [3.63, 3.8) is 0 Å². The molecule has 156 valence electrons. The van der Waals surface area contributed by atoms with E-state index >= 15 is 0 Å². The Morgan fingerprint density at radius 2 is 2.11 bits per heavy atom. The second kappa shape index (κ2) is 12.9. The average Bonchev–Trinajstić information content (AvgIpc) is 3.13. The number of methoxy groups -OCH3 is 1. The predicted molar refractivity (Wildman–Crippen MR) is 127 cm³/mol. The van der Waals surface area contributed by atoms with Crippen LogP contribution in [0.5, 0.6) is 5.75 Å². The molecular weight excluding hydrogens is 487 g/mol. The summed E-state index contributed by atoms with van der Waals surface area (Å²) in [6.07, 6.45) is 0.924. The van der Waals surface area contributed by atoms with Crippen molar-refractivity contribution in [3.8, 4) is 5.75 Å². The van der Waals surface area contributed by atoms with Gasteiger partial charge in [-0.05, 0) is 31.9 Å². The van der Waals surface area contributed by atoms with Crippen LogP contribution < -0.4 is 10.1 Å². The number of rotatable bonds is 9. The monoisotopic (exact) mass is 518 g/mol. The van der Waals surface area contributed by atoms with Gasteiger partial charge in [0.05, 0.1) is 18.8 Å². The van der Waals surface area contributed by atoms with E-state index in [0.717, 1.165) is 40.9 Å². The Hall–Kier alpha value is -1.39. The standard InChI is InChI=1S/C20H30N4O2S.HI/c1-15-9-6-7-10-18(15)26-12-8-11-22-20(21-3)24(4)13-17-14-27-19(23-17)16(2)25-5;/h6-7,9-10,14,16H,8,11-13H2,1-5H3,(H,21,22);1H. The van der Waals surface area contributed by atoms with Gasteiger partial charge in [-0.3, -0.25) is 4.99 Å². The molecule has 0 saturated heterocycles. The first kappa shape index (κ1) is 24.6. The zero-order valence-electron chi connectivity index (χ0n) is 17.3. The molecule has 1 aromatic carbocycles. The first-order valence-electron chi connectivity index (χ1n) is 9.12. The summed E-state index contributed by atoms with van der Waals surface area (Å²) in [7, 11) is 5.51. The summed E-state index contributed by atoms with van der Waals surface area (Å²) in [5.41, 5.74) is 2.18. The van der Waals surface area contributed by atoms with Crippen LogP contribution in [0.15, 0.2) is 34.6 Å². The van der Waals surface area contributed by atoms with Crippen LogP contribution in [-0.4, -0.2) is 50.2 Å². The second-order valence-corrected chi connectivity index (χ2v) is 7.24. The van der Waals surface area contributed by atoms with E-state index in [9.17, 15) is 0 Å². The molecule has 0 radical (unpaired) electrons. The molecule has 0 aliphatic rings. The third-order valence-corrected chi connectivity index (χ3v) is 5.25. The molecule has 6 nitrogen and oxygen atoms in total. The maximum atomic E-state index is 5.83. The number of halogens is 1. The molecule has 0 spiro atoms. The molecule has 0 amide bonds. The number of aryl methyl sites for hydroxylation is 1. The molecule has 0 saturated carbocycles. The molecule has 28 heavy (non-hydrogen) atoms. The van der Waals surface area contributed by atoms with Crippen LogP contribution in [0.1, 0.15) is 35.7 Å². The van der Waals surface area contributed by atoms with Crippen molar-refractivity contribution in [1.82, 2.24) is 15.2 Å². The van der Waals surface area contributed by atoms with E-state index in [-0.39, 0.29) is 30.1 Å². The SMILES string of the molecule is CN=C(NCCCOc1ccccc1C)N(C)Cc1csc(C(C)OC)n1.I. The minimum Gasteiger partial charge on any atom is -0.493 e. The fraction of sp³-hybridized carbons (Fsp3) is 0.500. The fourth-order valence-corrected chi connectivity index (χ4v) is 3.40. The van der Waals surface area contributed by atoms with Crippen molar-refractivity contribution in [2.45, 2.75) is 32.9 Å². The van der Waals surface area contributed by atoms with E-state index in [1.54, 1.807) is 25.5 Å². The lowest BCUT2D eigenvalue weighted by molar-refractivity contribution is 0.119. The second-order valence-electron chi connectivity index (χ2n) is 6.35. The van der Waals surface area contributed by atoms with Gasteiger partial charge in [-0.1, -0.05) is 18.2 Å². The number of benzene rings is 1. The highest BCUT2D eigenvalue weighted by Gasteiger charge is 2.12. The van der Waals surface area contributed by atoms with Gasteiger partial charge in [0.1, 0.15) is 16.9 Å². The van der Waals surface area contributed by atoms with Gasteiger partial charge < -0.3 is 19.7 Å². The van der Waals surface area contributed by atoms with Gasteiger partial charge in [0.15, 0.2) is 5.96 Å². The molecule has 2 rings (SSSR count). The summed E-state index contributed by atoms with van der Waals surface area (Å²) < 4.78 is 11.2. The Balaban J connectivity index is 0.00000392. The Morgan fingerprint density at radius 1 is 1.36 bits per heavy atom. The van der Waals surface area contributed by atoms with Crippen LogP contribution >= 0.6 is 35.3 Å². The highest BCUT2D eigenvalue weighted by Crippen LogP contribution is 2.21. The van der Waals surface area contributed by atoms with E-state index in [2.05, 4.69) is 38.6 Å². The lowest BCUT2D eigenvalue weighted by Crippen LogP contribution is -2.39. The number of nitrogens with one attached hydrogen (secondary N) is 1. The Morgan fingerprint density at radius 3 is 2.79 bits per heavy atom. The lowest BCUT2D eigenvalue weighted by Gasteiger charge is -2.21. The van der Waals surface area contributed by atoms with Gasteiger partial charge in [-0.2, -0.15) is 0 Å². The van der Waals surface area contributed by atoms with Crippen LogP contribution in [0, 0.1) is 6.92 Å². The van der Waals surface area contributed by atoms with Gasteiger partial charge in [-0.15, -0.1) is 35.3 Å². The Labute approximate surface area is 189 Å². The molecule has 1 N–H and O–H groups in total. The quantitative estimate of drug-likeness (QED) is 0.233. The van der Waals surface area contributed by atoms with E-state index < -0.39 is 0 Å². The zero-order chi connectivity index (χ0) is 19.6. The molecule has 0 aliphatic carbocycles. The van der Waals surface area contributed by atoms with Crippen molar-refractivity contribution >= 4 is 41.3 Å². The van der Waals surface area contributed by atoms with Crippen molar-refractivity contribution in [3.05, 3.63) is 45.9 Å². The van der Waals surface area contributed by atoms with Crippen LogP contribution in [0.2, 0.25) is 0 Å². The molecule has 1 heterocycles. The molecular formula is C20H31IN4O2S. The number of aliphatic imine (C=N–C) groups is 1. The number of para-hydroxylation sites is 1. The Bertz CT molecular complexity index is 739. The maximum Gasteiger partial charge on any atom is 0.193 e. The van der Waals surface area contributed by atoms with Crippen molar-refractivity contribution in [1.29, 1.82) is 0 Å². The largest absolute Gasteiger partial charge is 0.493 e. The Kier molecular flexibility index (Phi) is 11.4. The molecule has 1 unspecified atom stereocenters. The molecule has 2 aromatic rings. The third kappa shape index (κ3) is 7.56. The minimum absolute atomic E-state index is 0. The van der Waals surface area contributed by atoms with Crippen LogP contribution in [0.4, 0.5) is 0 Å². The zero-order valence-corrected chi connectivity index (χ0v) is 20.4. The van der Waals surface area contributed by atoms with E-state index in [4.69, 9.17) is 9.47 Å². The summed E-state index contributed by atoms with van der Waals surface area (Å²) in [5.74, 6) is 1.80. The number of hydrogen-bond donors (Lipinski definition) is 1. The van der Waals surface area contributed by atoms with Gasteiger partial charge in [0.25, 0.3) is 0 Å². The number of nitrogens with zero attached hydrogens (tertiary/aromatic N) is 3. The number of hydrogen-bond acceptors (Lipinski definition) is 5. The summed E-state index contributed by atoms with van der Waals surface area (Å²) in [4.78, 5) is 11.1. The summed E-state index contributed by atoms with van der Waals surface area (Å²) in [6, 6.07) is 8.07. The van der Waals surface area contributed by atoms with E-state index in [0.29, 0.717) is 13.2 Å². The van der Waals surface area contributed by atoms with E-state index in [1.807, 2.05) is 32.2 Å². The normalized spacial score (nSPS) is 12.2. The summed E-state index contributed by atoms with van der Waals surface area (Å²) >= 11 is 1.63. The molecule has 8 heteroatoms. The number of aromatic nitrogens is 1. The first-order valence-corrected chi connectivity index (χ1v) is 10.0. The van der Waals surface area contributed by atoms with Crippen molar-refractivity contribution < 1.29 is 9.47 Å². The summed E-state index contributed by atoms with van der Waals surface area (Å²) in [6.45, 7) is 6.23. The predicted octanol–water partition coefficient (Wildman–Crippen LogP) is 4.25. The van der Waals surface area contributed by atoms with Crippen LogP contribution in [0.3, 0.4) is 0 Å². The molecule has 0 fully saturated rings. The van der Waals surface area contributed by atoms with Crippen molar-refractivity contribution in [2.75, 3.05) is 34.4 Å². The highest BCUT2D eigenvalue weighted by molar-refractivity contribution is 14.0. The van der Waals surface area contributed by atoms with Gasteiger partial charge in [-0.25, -0.2) is 4.98 Å². The van der Waals surface area contributed by atoms with Gasteiger partial charge in [0, 0.05) is 33.1 Å². The number of thiazole rings is 1. The van der Waals surface area contributed by atoms with Gasteiger partial charge in [0.2, 0.25) is 0 Å². The van der Waals surface area contributed by atoms with Crippen LogP contribution in [-0.2, 0) is 11.3 Å². The molecule has 0 aliphatic heterocycles.